The summed E-state index contributed by atoms with van der Waals surface area (Å²) in [5.41, 5.74) is 6.25. The van der Waals surface area contributed by atoms with Crippen LogP contribution in [0.15, 0.2) is 36.5 Å². The quantitative estimate of drug-likeness (QED) is 0.647. The van der Waals surface area contributed by atoms with Crippen molar-refractivity contribution in [2.24, 2.45) is 11.7 Å². The second kappa shape index (κ2) is 7.38. The lowest BCUT2D eigenvalue weighted by Crippen LogP contribution is -2.44. The number of aromatic nitrogens is 1. The molecule has 0 fully saturated rings. The van der Waals surface area contributed by atoms with E-state index in [4.69, 9.17) is 5.73 Å². The fourth-order valence-electron chi connectivity index (χ4n) is 2.31. The van der Waals surface area contributed by atoms with E-state index in [2.05, 4.69) is 9.72 Å². The topological polar surface area (TPSA) is 82.3 Å². The zero-order valence-electron chi connectivity index (χ0n) is 12.5. The van der Waals surface area contributed by atoms with Gasteiger partial charge in [-0.25, -0.2) is 0 Å². The van der Waals surface area contributed by atoms with Crippen molar-refractivity contribution in [3.63, 3.8) is 0 Å². The molecule has 2 aromatic rings. The van der Waals surface area contributed by atoms with Crippen LogP contribution in [-0.2, 0) is 9.53 Å². The van der Waals surface area contributed by atoms with Gasteiger partial charge in [-0.15, -0.1) is 0 Å². The molecule has 0 saturated carbocycles. The van der Waals surface area contributed by atoms with Gasteiger partial charge in [0.25, 0.3) is 0 Å². The molecule has 0 radical (unpaired) electrons. The molecular formula is C16H18N2O3S. The number of ketones is 1. The number of benzene rings is 1. The van der Waals surface area contributed by atoms with Gasteiger partial charge >= 0.3 is 5.97 Å². The highest BCUT2D eigenvalue weighted by molar-refractivity contribution is 7.98. The van der Waals surface area contributed by atoms with Crippen LogP contribution in [0.2, 0.25) is 0 Å². The number of esters is 1. The number of carbonyl (C=O) groups excluding carboxylic acids is 2. The first-order chi connectivity index (χ1) is 10.6. The molecule has 0 amide bonds. The van der Waals surface area contributed by atoms with Crippen LogP contribution < -0.4 is 5.73 Å². The Bertz CT molecular complexity index is 685. The standard InChI is InChI=1S/C16H18N2O3S/c1-21-16(20)13(17)12(9-22-2)15(19)14-11-6-4-3-5-10(11)7-8-18-14/h3-8,12-13H,9,17H2,1-2H3/t12-,13-/m0/s1. The van der Waals surface area contributed by atoms with E-state index in [0.717, 1.165) is 10.8 Å². The number of ether oxygens (including phenoxy) is 1. The number of methoxy groups -OCH3 is 1. The summed E-state index contributed by atoms with van der Waals surface area (Å²) in [6.45, 7) is 0. The van der Waals surface area contributed by atoms with E-state index < -0.39 is 17.9 Å². The van der Waals surface area contributed by atoms with E-state index in [-0.39, 0.29) is 5.78 Å². The Morgan fingerprint density at radius 3 is 2.73 bits per heavy atom. The Labute approximate surface area is 133 Å². The highest BCUT2D eigenvalue weighted by Crippen LogP contribution is 2.22. The largest absolute Gasteiger partial charge is 0.468 e. The van der Waals surface area contributed by atoms with Crippen LogP contribution in [0.25, 0.3) is 10.8 Å². The van der Waals surface area contributed by atoms with Crippen LogP contribution in [0.4, 0.5) is 0 Å². The van der Waals surface area contributed by atoms with Crippen LogP contribution in [0, 0.1) is 5.92 Å². The van der Waals surface area contributed by atoms with Crippen molar-refractivity contribution >= 4 is 34.3 Å². The lowest BCUT2D eigenvalue weighted by molar-refractivity contribution is -0.142. The lowest BCUT2D eigenvalue weighted by atomic mass is 9.93. The Hall–Kier alpha value is -1.92. The predicted octanol–water partition coefficient (Wildman–Crippen LogP) is 1.90. The maximum absolute atomic E-state index is 12.8. The van der Waals surface area contributed by atoms with Crippen LogP contribution in [0.1, 0.15) is 10.5 Å². The van der Waals surface area contributed by atoms with Crippen LogP contribution in [0.5, 0.6) is 0 Å². The molecule has 22 heavy (non-hydrogen) atoms. The van der Waals surface area contributed by atoms with E-state index in [0.29, 0.717) is 11.4 Å². The fourth-order valence-corrected chi connectivity index (χ4v) is 3.03. The molecule has 1 aromatic heterocycles. The van der Waals surface area contributed by atoms with Crippen LogP contribution >= 0.6 is 11.8 Å². The van der Waals surface area contributed by atoms with Crippen molar-refractivity contribution in [1.29, 1.82) is 0 Å². The Balaban J connectivity index is 2.43. The average molecular weight is 318 g/mol. The number of carbonyl (C=O) groups is 2. The third kappa shape index (κ3) is 3.28. The summed E-state index contributed by atoms with van der Waals surface area (Å²) < 4.78 is 4.67. The van der Waals surface area contributed by atoms with Gasteiger partial charge in [-0.1, -0.05) is 24.3 Å². The van der Waals surface area contributed by atoms with Gasteiger partial charge in [-0.05, 0) is 17.7 Å². The van der Waals surface area contributed by atoms with Crippen LogP contribution in [-0.4, -0.2) is 41.9 Å². The van der Waals surface area contributed by atoms with Gasteiger partial charge < -0.3 is 10.5 Å². The summed E-state index contributed by atoms with van der Waals surface area (Å²) in [6.07, 6.45) is 3.45. The molecule has 2 atom stereocenters. The number of nitrogens with zero attached hydrogens (tertiary/aromatic N) is 1. The van der Waals surface area contributed by atoms with Gasteiger partial charge in [0.2, 0.25) is 0 Å². The Kier molecular flexibility index (Phi) is 5.51. The molecule has 0 unspecified atom stereocenters. The third-order valence-corrected chi connectivity index (χ3v) is 4.19. The summed E-state index contributed by atoms with van der Waals surface area (Å²) in [4.78, 5) is 28.8. The summed E-state index contributed by atoms with van der Waals surface area (Å²) in [5.74, 6) is -1.06. The number of nitrogens with two attached hydrogens (primary N) is 1. The van der Waals surface area contributed by atoms with Gasteiger partial charge in [0.1, 0.15) is 11.7 Å². The second-order valence-electron chi connectivity index (χ2n) is 4.86. The minimum atomic E-state index is -0.995. The number of fused-ring (bicyclic) bond motifs is 1. The van der Waals surface area contributed by atoms with Crippen molar-refractivity contribution in [2.45, 2.75) is 6.04 Å². The Morgan fingerprint density at radius 2 is 2.05 bits per heavy atom. The smallest absolute Gasteiger partial charge is 0.323 e. The number of rotatable bonds is 6. The number of hydrogen-bond donors (Lipinski definition) is 1. The van der Waals surface area contributed by atoms with Gasteiger partial charge in [-0.2, -0.15) is 11.8 Å². The zero-order valence-corrected chi connectivity index (χ0v) is 13.3. The third-order valence-electron chi connectivity index (χ3n) is 3.50. The lowest BCUT2D eigenvalue weighted by Gasteiger charge is -2.20. The number of pyridine rings is 1. The molecule has 116 valence electrons. The molecule has 1 aromatic carbocycles. The molecule has 0 aliphatic carbocycles. The van der Waals surface area contributed by atoms with Gasteiger partial charge in [-0.3, -0.25) is 14.6 Å². The summed E-state index contributed by atoms with van der Waals surface area (Å²) >= 11 is 1.46. The van der Waals surface area contributed by atoms with E-state index >= 15 is 0 Å². The first kappa shape index (κ1) is 16.5. The second-order valence-corrected chi connectivity index (χ2v) is 5.77. The number of thioether (sulfide) groups is 1. The molecule has 0 aliphatic rings. The number of Topliss-reactive ketones (excluding diaryl/α,β-unsaturated/α-hetero) is 1. The van der Waals surface area contributed by atoms with Gasteiger partial charge in [0.15, 0.2) is 5.78 Å². The Morgan fingerprint density at radius 1 is 1.32 bits per heavy atom. The van der Waals surface area contributed by atoms with Gasteiger partial charge in [0.05, 0.1) is 13.0 Å². The van der Waals surface area contributed by atoms with E-state index in [9.17, 15) is 9.59 Å². The minimum Gasteiger partial charge on any atom is -0.468 e. The van der Waals surface area contributed by atoms with Crippen molar-refractivity contribution in [3.8, 4) is 0 Å². The van der Waals surface area contributed by atoms with Crippen molar-refractivity contribution in [1.82, 2.24) is 4.98 Å². The van der Waals surface area contributed by atoms with Crippen LogP contribution in [0.3, 0.4) is 0 Å². The molecular weight excluding hydrogens is 300 g/mol. The maximum Gasteiger partial charge on any atom is 0.323 e. The average Bonchev–Trinajstić information content (AvgIpc) is 2.57. The van der Waals surface area contributed by atoms with Crippen molar-refractivity contribution in [3.05, 3.63) is 42.2 Å². The monoisotopic (exact) mass is 318 g/mol. The highest BCUT2D eigenvalue weighted by atomic mass is 32.2. The van der Waals surface area contributed by atoms with E-state index in [1.165, 1.54) is 18.9 Å². The molecule has 2 rings (SSSR count). The summed E-state index contributed by atoms with van der Waals surface area (Å²) in [5, 5.41) is 1.69. The van der Waals surface area contributed by atoms with Crippen molar-refractivity contribution < 1.29 is 14.3 Å². The molecule has 1 heterocycles. The normalized spacial score (nSPS) is 13.6. The summed E-state index contributed by atoms with van der Waals surface area (Å²) in [6, 6.07) is 8.36. The fraction of sp³-hybridized carbons (Fsp3) is 0.312. The van der Waals surface area contributed by atoms with E-state index in [1.54, 1.807) is 6.20 Å². The van der Waals surface area contributed by atoms with Crippen molar-refractivity contribution in [2.75, 3.05) is 19.1 Å². The molecule has 0 saturated heterocycles. The molecule has 2 N–H and O–H groups in total. The molecule has 0 spiro atoms. The number of hydrogen-bond acceptors (Lipinski definition) is 6. The molecule has 0 bridgehead atoms. The highest BCUT2D eigenvalue weighted by Gasteiger charge is 2.33. The maximum atomic E-state index is 12.8. The predicted molar refractivity (Wildman–Crippen MR) is 87.9 cm³/mol. The minimum absolute atomic E-state index is 0.232. The molecule has 6 heteroatoms. The SMILES string of the molecule is COC(=O)[C@@H](N)[C@H](CSC)C(=O)c1nccc2ccccc12. The van der Waals surface area contributed by atoms with Gasteiger partial charge in [0, 0.05) is 17.3 Å². The molecule has 5 nitrogen and oxygen atoms in total. The first-order valence-electron chi connectivity index (χ1n) is 6.80. The first-order valence-corrected chi connectivity index (χ1v) is 8.19. The van der Waals surface area contributed by atoms with E-state index in [1.807, 2.05) is 36.6 Å². The zero-order chi connectivity index (χ0) is 16.1. The summed E-state index contributed by atoms with van der Waals surface area (Å²) in [7, 11) is 1.26. The molecule has 0 aliphatic heterocycles.